The number of halogens is 2. The second-order valence-corrected chi connectivity index (χ2v) is 9.28. The highest BCUT2D eigenvalue weighted by atomic mass is 35.5. The Balaban J connectivity index is 1.16. The molecular formula is C22H19Cl2NO5. The van der Waals surface area contributed by atoms with Gasteiger partial charge in [0.1, 0.15) is 0 Å². The predicted octanol–water partition coefficient (Wildman–Crippen LogP) is 3.16. The van der Waals surface area contributed by atoms with Crippen LogP contribution in [0.5, 0.6) is 0 Å². The Morgan fingerprint density at radius 1 is 1.03 bits per heavy atom. The van der Waals surface area contributed by atoms with Gasteiger partial charge in [-0.2, -0.15) is 0 Å². The fourth-order valence-corrected chi connectivity index (χ4v) is 5.97. The maximum Gasteiger partial charge on any atom is 0.308 e. The van der Waals surface area contributed by atoms with Crippen molar-refractivity contribution in [2.75, 3.05) is 13.2 Å². The monoisotopic (exact) mass is 447 g/mol. The fraction of sp³-hybridized carbons (Fsp3) is 0.455. The van der Waals surface area contributed by atoms with E-state index in [-0.39, 0.29) is 59.0 Å². The summed E-state index contributed by atoms with van der Waals surface area (Å²) >= 11 is 11.8. The molecule has 0 spiro atoms. The normalized spacial score (nSPS) is 32.8. The first-order valence-corrected chi connectivity index (χ1v) is 10.8. The van der Waals surface area contributed by atoms with Crippen LogP contribution in [0.25, 0.3) is 0 Å². The molecule has 4 aliphatic carbocycles. The Kier molecular flexibility index (Phi) is 4.75. The summed E-state index contributed by atoms with van der Waals surface area (Å²) in [4.78, 5) is 51.3. The van der Waals surface area contributed by atoms with Gasteiger partial charge in [-0.15, -0.1) is 0 Å². The summed E-state index contributed by atoms with van der Waals surface area (Å²) in [7, 11) is 0. The van der Waals surface area contributed by atoms with Gasteiger partial charge in [-0.05, 0) is 48.3 Å². The van der Waals surface area contributed by atoms with Crippen LogP contribution in [0, 0.1) is 35.5 Å². The number of hydrogen-bond acceptors (Lipinski definition) is 5. The van der Waals surface area contributed by atoms with Crippen molar-refractivity contribution in [3.8, 4) is 0 Å². The second-order valence-electron chi connectivity index (χ2n) is 8.44. The molecule has 0 unspecified atom stereocenters. The molecule has 5 aliphatic rings. The molecule has 1 heterocycles. The molecule has 0 N–H and O–H groups in total. The molecule has 6 atom stereocenters. The predicted molar refractivity (Wildman–Crippen MR) is 108 cm³/mol. The van der Waals surface area contributed by atoms with E-state index in [1.807, 2.05) is 0 Å². The fourth-order valence-electron chi connectivity index (χ4n) is 5.45. The topological polar surface area (TPSA) is 80.8 Å². The lowest BCUT2D eigenvalue weighted by Gasteiger charge is -2.37. The number of carbonyl (C=O) groups is 4. The van der Waals surface area contributed by atoms with E-state index in [1.165, 1.54) is 23.1 Å². The molecule has 1 aromatic rings. The van der Waals surface area contributed by atoms with Crippen molar-refractivity contribution in [3.05, 3.63) is 46.0 Å². The zero-order valence-corrected chi connectivity index (χ0v) is 17.4. The molecular weight excluding hydrogens is 429 g/mol. The van der Waals surface area contributed by atoms with Crippen LogP contribution in [0.15, 0.2) is 30.4 Å². The average molecular weight is 448 g/mol. The highest BCUT2D eigenvalue weighted by molar-refractivity contribution is 6.36. The maximum atomic E-state index is 12.9. The summed E-state index contributed by atoms with van der Waals surface area (Å²) in [6, 6.07) is 4.43. The van der Waals surface area contributed by atoms with Gasteiger partial charge in [0.25, 0.3) is 0 Å². The molecule has 0 aromatic heterocycles. The van der Waals surface area contributed by atoms with Crippen molar-refractivity contribution in [3.63, 3.8) is 0 Å². The SMILES string of the molecule is O=C(CCN1C(=O)[C@@H]2[C@H]3C=C[C@@H]([C@@H]4C[C@@H]34)[C@H]2C1=O)OCC(=O)c1ccc(Cl)cc1Cl. The molecule has 1 saturated heterocycles. The lowest BCUT2D eigenvalue weighted by Crippen LogP contribution is -2.40. The first-order chi connectivity index (χ1) is 14.4. The number of amides is 2. The van der Waals surface area contributed by atoms with Crippen molar-refractivity contribution in [2.24, 2.45) is 35.5 Å². The zero-order chi connectivity index (χ0) is 21.2. The number of ether oxygens (including phenoxy) is 1. The molecule has 6 nitrogen and oxygen atoms in total. The van der Waals surface area contributed by atoms with Crippen LogP contribution in [0.3, 0.4) is 0 Å². The molecule has 2 bridgehead atoms. The van der Waals surface area contributed by atoms with Gasteiger partial charge >= 0.3 is 5.97 Å². The standard InChI is InChI=1S/C22H19Cl2NO5/c23-10-1-2-13(16(24)7-10)17(26)9-30-18(27)5-6-25-21(28)19-11-3-4-12(15-8-14(11)15)20(19)22(25)29/h1-4,7,11-12,14-15,19-20H,5-6,8-9H2/t11-,12-,14-,15-,19+,20+/m0/s1. The van der Waals surface area contributed by atoms with Gasteiger partial charge < -0.3 is 4.74 Å². The number of ketones is 1. The Morgan fingerprint density at radius 2 is 1.67 bits per heavy atom. The third kappa shape index (κ3) is 3.08. The summed E-state index contributed by atoms with van der Waals surface area (Å²) in [5.41, 5.74) is 0.212. The third-order valence-corrected chi connectivity index (χ3v) is 7.44. The minimum atomic E-state index is -0.646. The van der Waals surface area contributed by atoms with Crippen molar-refractivity contribution >= 4 is 46.8 Å². The molecule has 156 valence electrons. The van der Waals surface area contributed by atoms with Crippen molar-refractivity contribution in [1.29, 1.82) is 0 Å². The molecule has 2 saturated carbocycles. The third-order valence-electron chi connectivity index (χ3n) is 6.89. The Bertz CT molecular complexity index is 969. The number of allylic oxidation sites excluding steroid dienone is 2. The van der Waals surface area contributed by atoms with E-state index in [0.717, 1.165) is 6.42 Å². The van der Waals surface area contributed by atoms with Gasteiger partial charge in [-0.3, -0.25) is 24.1 Å². The quantitative estimate of drug-likeness (QED) is 0.289. The molecule has 8 heteroatoms. The van der Waals surface area contributed by atoms with Crippen molar-refractivity contribution in [1.82, 2.24) is 4.90 Å². The molecule has 1 aromatic carbocycles. The van der Waals surface area contributed by atoms with E-state index in [9.17, 15) is 19.2 Å². The number of benzene rings is 1. The van der Waals surface area contributed by atoms with Crippen LogP contribution in [0.1, 0.15) is 23.2 Å². The summed E-state index contributed by atoms with van der Waals surface area (Å²) in [5.74, 6) is -0.624. The molecule has 3 fully saturated rings. The first kappa shape index (κ1) is 19.8. The summed E-state index contributed by atoms with van der Waals surface area (Å²) < 4.78 is 5.03. The van der Waals surface area contributed by atoms with Crippen LogP contribution in [-0.2, 0) is 19.1 Å². The van der Waals surface area contributed by atoms with E-state index in [1.54, 1.807) is 0 Å². The van der Waals surface area contributed by atoms with Crippen LogP contribution in [0.4, 0.5) is 0 Å². The van der Waals surface area contributed by atoms with Gasteiger partial charge in [0.2, 0.25) is 17.6 Å². The van der Waals surface area contributed by atoms with Crippen LogP contribution in [-0.4, -0.2) is 41.6 Å². The summed E-state index contributed by atoms with van der Waals surface area (Å²) in [6.07, 6.45) is 5.18. The lowest BCUT2D eigenvalue weighted by atomic mass is 9.63. The minimum absolute atomic E-state index is 0.0197. The van der Waals surface area contributed by atoms with E-state index >= 15 is 0 Å². The highest BCUT2D eigenvalue weighted by Gasteiger charge is 2.66. The number of rotatable bonds is 6. The molecule has 1 aliphatic heterocycles. The van der Waals surface area contributed by atoms with E-state index in [0.29, 0.717) is 16.9 Å². The number of imide groups is 1. The summed E-state index contributed by atoms with van der Waals surface area (Å²) in [6.45, 7) is -0.487. The zero-order valence-electron chi connectivity index (χ0n) is 15.9. The number of hydrogen-bond donors (Lipinski definition) is 0. The maximum absolute atomic E-state index is 12.9. The number of nitrogens with zero attached hydrogens (tertiary/aromatic N) is 1. The minimum Gasteiger partial charge on any atom is -0.457 e. The van der Waals surface area contributed by atoms with Crippen LogP contribution < -0.4 is 0 Å². The van der Waals surface area contributed by atoms with Gasteiger partial charge in [0.15, 0.2) is 6.61 Å². The van der Waals surface area contributed by atoms with E-state index in [4.69, 9.17) is 27.9 Å². The molecule has 0 radical (unpaired) electrons. The molecule has 6 rings (SSSR count). The van der Waals surface area contributed by atoms with Gasteiger partial charge in [-0.25, -0.2) is 0 Å². The van der Waals surface area contributed by atoms with Gasteiger partial charge in [-0.1, -0.05) is 35.4 Å². The van der Waals surface area contributed by atoms with E-state index in [2.05, 4.69) is 12.2 Å². The first-order valence-electron chi connectivity index (χ1n) is 10.0. The number of esters is 1. The van der Waals surface area contributed by atoms with Crippen LogP contribution in [0.2, 0.25) is 10.0 Å². The number of carbonyl (C=O) groups excluding carboxylic acids is 4. The number of likely N-dealkylation sites (tertiary alicyclic amines) is 1. The molecule has 2 amide bonds. The average Bonchev–Trinajstić information content (AvgIpc) is 3.49. The highest BCUT2D eigenvalue weighted by Crippen LogP contribution is 2.65. The smallest absolute Gasteiger partial charge is 0.308 e. The Labute approximate surface area is 183 Å². The van der Waals surface area contributed by atoms with Gasteiger partial charge in [0.05, 0.1) is 23.3 Å². The Hall–Kier alpha value is -2.18. The lowest BCUT2D eigenvalue weighted by molar-refractivity contribution is -0.145. The molecule has 30 heavy (non-hydrogen) atoms. The van der Waals surface area contributed by atoms with Crippen LogP contribution >= 0.6 is 23.2 Å². The summed E-state index contributed by atoms with van der Waals surface area (Å²) in [5, 5.41) is 0.579. The van der Waals surface area contributed by atoms with Crippen molar-refractivity contribution < 1.29 is 23.9 Å². The van der Waals surface area contributed by atoms with E-state index < -0.39 is 18.4 Å². The number of Topliss-reactive ketones (excluding diaryl/α,β-unsaturated/α-hetero) is 1. The van der Waals surface area contributed by atoms with Gasteiger partial charge in [0, 0.05) is 17.1 Å². The largest absolute Gasteiger partial charge is 0.457 e. The Morgan fingerprint density at radius 3 is 2.27 bits per heavy atom. The van der Waals surface area contributed by atoms with Crippen molar-refractivity contribution in [2.45, 2.75) is 12.8 Å². The second kappa shape index (κ2) is 7.20.